The van der Waals surface area contributed by atoms with E-state index in [2.05, 4.69) is 25.5 Å². The second-order valence-corrected chi connectivity index (χ2v) is 8.57. The molecule has 1 aromatic carbocycles. The molecule has 0 amide bonds. The van der Waals surface area contributed by atoms with Crippen molar-refractivity contribution in [2.45, 2.75) is 56.4 Å². The number of sulfonamides is 1. The number of hydrogen-bond donors (Lipinski definition) is 2. The standard InChI is InChI=1S/C16H25NO3S/c1-16(2,3)13-6-8-14(9-7-13)21(19,20)17-15(10-11-18)12-4-5-12/h6-9,12,15,17-18H,4-5,10-11H2,1-3H3. The lowest BCUT2D eigenvalue weighted by atomic mass is 9.87. The summed E-state index contributed by atoms with van der Waals surface area (Å²) < 4.78 is 27.6. The minimum absolute atomic E-state index is 0.00313. The van der Waals surface area contributed by atoms with E-state index in [1.165, 1.54) is 0 Å². The highest BCUT2D eigenvalue weighted by Gasteiger charge is 2.33. The fourth-order valence-corrected chi connectivity index (χ4v) is 3.77. The minimum atomic E-state index is -3.51. The van der Waals surface area contributed by atoms with E-state index in [0.717, 1.165) is 18.4 Å². The molecule has 4 nitrogen and oxygen atoms in total. The van der Waals surface area contributed by atoms with Crippen molar-refractivity contribution < 1.29 is 13.5 Å². The average Bonchev–Trinajstić information content (AvgIpc) is 3.21. The molecule has 118 valence electrons. The van der Waals surface area contributed by atoms with Crippen LogP contribution in [0, 0.1) is 5.92 Å². The first-order valence-corrected chi connectivity index (χ1v) is 8.96. The SMILES string of the molecule is CC(C)(C)c1ccc(S(=O)(=O)NC(CCO)C2CC2)cc1. The summed E-state index contributed by atoms with van der Waals surface area (Å²) in [6.07, 6.45) is 2.55. The molecular weight excluding hydrogens is 286 g/mol. The van der Waals surface area contributed by atoms with Crippen LogP contribution in [0.4, 0.5) is 0 Å². The van der Waals surface area contributed by atoms with Crippen LogP contribution < -0.4 is 4.72 Å². The van der Waals surface area contributed by atoms with Crippen LogP contribution in [0.5, 0.6) is 0 Å². The van der Waals surface area contributed by atoms with Gasteiger partial charge in [-0.2, -0.15) is 0 Å². The van der Waals surface area contributed by atoms with Crippen molar-refractivity contribution in [3.63, 3.8) is 0 Å². The highest BCUT2D eigenvalue weighted by atomic mass is 32.2. The van der Waals surface area contributed by atoms with Crippen molar-refractivity contribution in [2.24, 2.45) is 5.92 Å². The molecule has 1 saturated carbocycles. The number of rotatable bonds is 6. The Bertz CT molecular complexity index is 569. The predicted molar refractivity (Wildman–Crippen MR) is 83.7 cm³/mol. The van der Waals surface area contributed by atoms with Crippen molar-refractivity contribution in [1.29, 1.82) is 0 Å². The molecule has 0 radical (unpaired) electrons. The highest BCUT2D eigenvalue weighted by Crippen LogP contribution is 2.34. The lowest BCUT2D eigenvalue weighted by Gasteiger charge is -2.20. The topological polar surface area (TPSA) is 66.4 Å². The Kier molecular flexibility index (Phi) is 4.76. The van der Waals surface area contributed by atoms with Gasteiger partial charge in [-0.3, -0.25) is 0 Å². The highest BCUT2D eigenvalue weighted by molar-refractivity contribution is 7.89. The maximum atomic E-state index is 12.4. The maximum absolute atomic E-state index is 12.4. The predicted octanol–water partition coefficient (Wildman–Crippen LogP) is 2.42. The molecule has 5 heteroatoms. The zero-order valence-corrected chi connectivity index (χ0v) is 13.8. The Morgan fingerprint density at radius 2 is 1.81 bits per heavy atom. The van der Waals surface area contributed by atoms with Gasteiger partial charge in [-0.1, -0.05) is 32.9 Å². The van der Waals surface area contributed by atoms with Crippen molar-refractivity contribution in [1.82, 2.24) is 4.72 Å². The summed E-state index contributed by atoms with van der Waals surface area (Å²) in [6.45, 7) is 6.30. The summed E-state index contributed by atoms with van der Waals surface area (Å²) in [6, 6.07) is 6.90. The fraction of sp³-hybridized carbons (Fsp3) is 0.625. The third-order valence-corrected chi connectivity index (χ3v) is 5.47. The van der Waals surface area contributed by atoms with Gasteiger partial charge in [-0.05, 0) is 48.3 Å². The lowest BCUT2D eigenvalue weighted by molar-refractivity contribution is 0.265. The first kappa shape index (κ1) is 16.5. The third-order valence-electron chi connectivity index (χ3n) is 3.97. The van der Waals surface area contributed by atoms with E-state index in [4.69, 9.17) is 5.11 Å². The Morgan fingerprint density at radius 1 is 1.24 bits per heavy atom. The molecule has 2 rings (SSSR count). The monoisotopic (exact) mass is 311 g/mol. The summed E-state index contributed by atoms with van der Waals surface area (Å²) in [4.78, 5) is 0.291. The van der Waals surface area contributed by atoms with E-state index < -0.39 is 10.0 Å². The zero-order chi connectivity index (χ0) is 15.7. The number of hydrogen-bond acceptors (Lipinski definition) is 3. The zero-order valence-electron chi connectivity index (χ0n) is 13.0. The van der Waals surface area contributed by atoms with E-state index >= 15 is 0 Å². The third kappa shape index (κ3) is 4.28. The quantitative estimate of drug-likeness (QED) is 0.848. The van der Waals surface area contributed by atoms with Gasteiger partial charge in [-0.15, -0.1) is 0 Å². The molecular formula is C16H25NO3S. The second-order valence-electron chi connectivity index (χ2n) is 6.85. The number of aliphatic hydroxyl groups excluding tert-OH is 1. The molecule has 1 aliphatic rings. The average molecular weight is 311 g/mol. The van der Waals surface area contributed by atoms with Crippen LogP contribution in [0.15, 0.2) is 29.2 Å². The first-order chi connectivity index (χ1) is 9.74. The van der Waals surface area contributed by atoms with Gasteiger partial charge in [-0.25, -0.2) is 13.1 Å². The number of benzene rings is 1. The summed E-state index contributed by atoms with van der Waals surface area (Å²) in [5, 5.41) is 9.07. The van der Waals surface area contributed by atoms with Crippen molar-refractivity contribution in [3.8, 4) is 0 Å². The van der Waals surface area contributed by atoms with Gasteiger partial charge in [0.25, 0.3) is 0 Å². The Labute approximate surface area is 127 Å². The molecule has 0 spiro atoms. The van der Waals surface area contributed by atoms with Crippen LogP contribution >= 0.6 is 0 Å². The van der Waals surface area contributed by atoms with Crippen LogP contribution in [-0.2, 0) is 15.4 Å². The Hall–Kier alpha value is -0.910. The molecule has 21 heavy (non-hydrogen) atoms. The van der Waals surface area contributed by atoms with Crippen LogP contribution in [0.1, 0.15) is 45.6 Å². The summed E-state index contributed by atoms with van der Waals surface area (Å²) >= 11 is 0. The minimum Gasteiger partial charge on any atom is -0.396 e. The van der Waals surface area contributed by atoms with E-state index in [0.29, 0.717) is 17.2 Å². The molecule has 1 fully saturated rings. The van der Waals surface area contributed by atoms with Crippen molar-refractivity contribution in [2.75, 3.05) is 6.61 Å². The molecule has 1 aromatic rings. The van der Waals surface area contributed by atoms with Gasteiger partial charge in [0.2, 0.25) is 10.0 Å². The van der Waals surface area contributed by atoms with Gasteiger partial charge in [0, 0.05) is 12.6 Å². The molecule has 0 aliphatic heterocycles. The molecule has 2 N–H and O–H groups in total. The molecule has 1 atom stereocenters. The summed E-state index contributed by atoms with van der Waals surface area (Å²) in [5.41, 5.74) is 1.11. The first-order valence-electron chi connectivity index (χ1n) is 7.48. The fourth-order valence-electron chi connectivity index (χ4n) is 2.43. The Balaban J connectivity index is 2.15. The van der Waals surface area contributed by atoms with Gasteiger partial charge >= 0.3 is 0 Å². The normalized spacial score (nSPS) is 17.7. The van der Waals surface area contributed by atoms with E-state index in [1.807, 2.05) is 12.1 Å². The van der Waals surface area contributed by atoms with Crippen molar-refractivity contribution in [3.05, 3.63) is 29.8 Å². The summed E-state index contributed by atoms with van der Waals surface area (Å²) in [7, 11) is -3.51. The molecule has 0 saturated heterocycles. The molecule has 0 aromatic heterocycles. The number of aliphatic hydroxyl groups is 1. The summed E-state index contributed by atoms with van der Waals surface area (Å²) in [5.74, 6) is 0.376. The van der Waals surface area contributed by atoms with Crippen LogP contribution in [0.3, 0.4) is 0 Å². The van der Waals surface area contributed by atoms with Crippen LogP contribution in [-0.4, -0.2) is 26.2 Å². The Morgan fingerprint density at radius 3 is 2.24 bits per heavy atom. The van der Waals surface area contributed by atoms with Gasteiger partial charge in [0.15, 0.2) is 0 Å². The van der Waals surface area contributed by atoms with E-state index in [-0.39, 0.29) is 18.1 Å². The van der Waals surface area contributed by atoms with E-state index in [1.54, 1.807) is 12.1 Å². The molecule has 1 aliphatic carbocycles. The lowest BCUT2D eigenvalue weighted by Crippen LogP contribution is -2.37. The van der Waals surface area contributed by atoms with Crippen LogP contribution in [0.2, 0.25) is 0 Å². The molecule has 0 bridgehead atoms. The number of nitrogens with one attached hydrogen (secondary N) is 1. The largest absolute Gasteiger partial charge is 0.396 e. The van der Waals surface area contributed by atoms with Gasteiger partial charge < -0.3 is 5.11 Å². The maximum Gasteiger partial charge on any atom is 0.240 e. The smallest absolute Gasteiger partial charge is 0.240 e. The van der Waals surface area contributed by atoms with Crippen molar-refractivity contribution >= 4 is 10.0 Å². The van der Waals surface area contributed by atoms with Gasteiger partial charge in [0.1, 0.15) is 0 Å². The van der Waals surface area contributed by atoms with Crippen LogP contribution in [0.25, 0.3) is 0 Å². The van der Waals surface area contributed by atoms with E-state index in [9.17, 15) is 8.42 Å². The molecule has 1 unspecified atom stereocenters. The van der Waals surface area contributed by atoms with Gasteiger partial charge in [0.05, 0.1) is 4.90 Å². The molecule has 0 heterocycles. The second kappa shape index (κ2) is 6.07.